The highest BCUT2D eigenvalue weighted by molar-refractivity contribution is 7.92. The van der Waals surface area contributed by atoms with Gasteiger partial charge in [0.15, 0.2) is 6.61 Å². The fraction of sp³-hybridized carbons (Fsp3) is 0.250. The zero-order chi connectivity index (χ0) is 22.4. The van der Waals surface area contributed by atoms with Crippen molar-refractivity contribution >= 4 is 50.2 Å². The fourth-order valence-electron chi connectivity index (χ4n) is 3.05. The Labute approximate surface area is 183 Å². The quantitative estimate of drug-likeness (QED) is 0.480. The van der Waals surface area contributed by atoms with Crippen molar-refractivity contribution in [1.29, 1.82) is 0 Å². The number of carbonyl (C=O) groups is 3. The zero-order valence-electron chi connectivity index (χ0n) is 16.4. The predicted molar refractivity (Wildman–Crippen MR) is 117 cm³/mol. The molecule has 1 heterocycles. The molecule has 0 fully saturated rings. The van der Waals surface area contributed by atoms with E-state index in [1.54, 1.807) is 30.3 Å². The summed E-state index contributed by atoms with van der Waals surface area (Å²) in [5.74, 6) is -2.19. The number of aryl methyl sites for hydroxylation is 1. The van der Waals surface area contributed by atoms with Crippen LogP contribution in [-0.4, -0.2) is 39.4 Å². The van der Waals surface area contributed by atoms with Gasteiger partial charge in [-0.1, -0.05) is 30.3 Å². The fourth-order valence-corrected chi connectivity index (χ4v) is 5.12. The highest BCUT2D eigenvalue weighted by atomic mass is 32.2. The van der Waals surface area contributed by atoms with E-state index in [0.29, 0.717) is 16.1 Å². The lowest BCUT2D eigenvalue weighted by Gasteiger charge is -2.07. The standard InChI is InChI=1S/C20H21N3O6S2/c21-19(26)18-14-7-4-8-15(14)30-20(18)23-16(24)12-29-17(25)11-22-31(27,28)10-9-13-5-2-1-3-6-13/h1-3,5-6,9-10,22H,4,7-8,11-12H2,(H2,21,26)(H,23,24). The van der Waals surface area contributed by atoms with E-state index < -0.39 is 41.0 Å². The number of amides is 2. The maximum absolute atomic E-state index is 12.1. The molecule has 1 aromatic carbocycles. The van der Waals surface area contributed by atoms with E-state index in [4.69, 9.17) is 10.5 Å². The number of fused-ring (bicyclic) bond motifs is 1. The third kappa shape index (κ3) is 6.23. The van der Waals surface area contributed by atoms with Gasteiger partial charge in [0.1, 0.15) is 11.5 Å². The number of rotatable bonds is 9. The van der Waals surface area contributed by atoms with Crippen LogP contribution in [0.4, 0.5) is 5.00 Å². The molecule has 0 unspecified atom stereocenters. The number of hydrogen-bond donors (Lipinski definition) is 3. The number of ether oxygens (including phenoxy) is 1. The smallest absolute Gasteiger partial charge is 0.321 e. The molecule has 0 atom stereocenters. The molecule has 0 saturated carbocycles. The average Bonchev–Trinajstić information content (AvgIpc) is 3.30. The lowest BCUT2D eigenvalue weighted by molar-refractivity contribution is -0.146. The highest BCUT2D eigenvalue weighted by Gasteiger charge is 2.26. The van der Waals surface area contributed by atoms with Crippen LogP contribution in [0.5, 0.6) is 0 Å². The number of hydrogen-bond acceptors (Lipinski definition) is 7. The van der Waals surface area contributed by atoms with Crippen molar-refractivity contribution in [2.24, 2.45) is 5.73 Å². The Morgan fingerprint density at radius 2 is 1.90 bits per heavy atom. The van der Waals surface area contributed by atoms with Crippen LogP contribution in [-0.2, 0) is 37.2 Å². The molecule has 2 amide bonds. The van der Waals surface area contributed by atoms with Crippen LogP contribution >= 0.6 is 11.3 Å². The van der Waals surface area contributed by atoms with Gasteiger partial charge < -0.3 is 15.8 Å². The Bertz CT molecular complexity index is 1120. The van der Waals surface area contributed by atoms with E-state index in [9.17, 15) is 22.8 Å². The summed E-state index contributed by atoms with van der Waals surface area (Å²) in [4.78, 5) is 36.6. The monoisotopic (exact) mass is 463 g/mol. The molecular weight excluding hydrogens is 442 g/mol. The Balaban J connectivity index is 1.47. The third-order valence-corrected chi connectivity index (χ3v) is 6.69. The molecule has 0 spiro atoms. The summed E-state index contributed by atoms with van der Waals surface area (Å²) in [6, 6.07) is 8.78. The van der Waals surface area contributed by atoms with Gasteiger partial charge in [-0.3, -0.25) is 14.4 Å². The van der Waals surface area contributed by atoms with Crippen LogP contribution in [0, 0.1) is 0 Å². The number of nitrogens with one attached hydrogen (secondary N) is 2. The molecule has 11 heteroatoms. The van der Waals surface area contributed by atoms with Crippen LogP contribution < -0.4 is 15.8 Å². The van der Waals surface area contributed by atoms with Crippen molar-refractivity contribution in [3.63, 3.8) is 0 Å². The molecule has 9 nitrogen and oxygen atoms in total. The highest BCUT2D eigenvalue weighted by Crippen LogP contribution is 2.38. The molecule has 0 radical (unpaired) electrons. The van der Waals surface area contributed by atoms with Crippen LogP contribution in [0.3, 0.4) is 0 Å². The van der Waals surface area contributed by atoms with Gasteiger partial charge in [-0.05, 0) is 36.5 Å². The molecular formula is C20H21N3O6S2. The number of benzene rings is 1. The van der Waals surface area contributed by atoms with E-state index in [-0.39, 0.29) is 0 Å². The van der Waals surface area contributed by atoms with Gasteiger partial charge in [0.05, 0.1) is 5.56 Å². The predicted octanol–water partition coefficient (Wildman–Crippen LogP) is 1.41. The van der Waals surface area contributed by atoms with Crippen molar-refractivity contribution in [3.8, 4) is 0 Å². The lowest BCUT2D eigenvalue weighted by atomic mass is 10.1. The first-order valence-electron chi connectivity index (χ1n) is 9.38. The number of carbonyl (C=O) groups excluding carboxylic acids is 3. The molecule has 0 saturated heterocycles. The summed E-state index contributed by atoms with van der Waals surface area (Å²) in [6.07, 6.45) is 3.87. The van der Waals surface area contributed by atoms with Crippen molar-refractivity contribution in [3.05, 3.63) is 57.3 Å². The minimum atomic E-state index is -3.86. The second kappa shape index (κ2) is 9.86. The Hall–Kier alpha value is -3.02. The van der Waals surface area contributed by atoms with Gasteiger partial charge in [0.25, 0.3) is 11.8 Å². The van der Waals surface area contributed by atoms with Gasteiger partial charge in [-0.25, -0.2) is 13.1 Å². The van der Waals surface area contributed by atoms with Crippen molar-refractivity contribution in [1.82, 2.24) is 4.72 Å². The summed E-state index contributed by atoms with van der Waals surface area (Å²) >= 11 is 1.28. The van der Waals surface area contributed by atoms with Gasteiger partial charge in [-0.15, -0.1) is 11.3 Å². The number of esters is 1. The second-order valence-corrected chi connectivity index (χ2v) is 9.47. The first-order chi connectivity index (χ1) is 14.7. The molecule has 0 aliphatic heterocycles. The molecule has 1 aliphatic rings. The molecule has 3 rings (SSSR count). The minimum absolute atomic E-state index is 0.301. The van der Waals surface area contributed by atoms with E-state index in [0.717, 1.165) is 35.1 Å². The number of nitrogens with two attached hydrogens (primary N) is 1. The van der Waals surface area contributed by atoms with Gasteiger partial charge in [0.2, 0.25) is 10.0 Å². The second-order valence-electron chi connectivity index (χ2n) is 6.71. The molecule has 1 aliphatic carbocycles. The van der Waals surface area contributed by atoms with Crippen LogP contribution in [0.1, 0.15) is 32.8 Å². The normalized spacial score (nSPS) is 13.2. The number of thiophene rings is 1. The Morgan fingerprint density at radius 1 is 1.16 bits per heavy atom. The van der Waals surface area contributed by atoms with Crippen molar-refractivity contribution < 1.29 is 27.5 Å². The Kier molecular flexibility index (Phi) is 7.21. The molecule has 1 aromatic heterocycles. The first kappa shape index (κ1) is 22.7. The zero-order valence-corrected chi connectivity index (χ0v) is 18.1. The maximum Gasteiger partial charge on any atom is 0.321 e. The van der Waals surface area contributed by atoms with Gasteiger partial charge >= 0.3 is 5.97 Å². The molecule has 31 heavy (non-hydrogen) atoms. The SMILES string of the molecule is NC(=O)c1c(NC(=O)COC(=O)CNS(=O)(=O)C=Cc2ccccc2)sc2c1CCC2. The average molecular weight is 464 g/mol. The summed E-state index contributed by atoms with van der Waals surface area (Å²) in [5.41, 5.74) is 7.28. The molecule has 0 bridgehead atoms. The Morgan fingerprint density at radius 3 is 2.61 bits per heavy atom. The summed E-state index contributed by atoms with van der Waals surface area (Å²) in [7, 11) is -3.86. The largest absolute Gasteiger partial charge is 0.455 e. The van der Waals surface area contributed by atoms with Gasteiger partial charge in [0, 0.05) is 10.3 Å². The third-order valence-electron chi connectivity index (χ3n) is 4.44. The van der Waals surface area contributed by atoms with Crippen molar-refractivity contribution in [2.45, 2.75) is 19.3 Å². The summed E-state index contributed by atoms with van der Waals surface area (Å²) in [6.45, 7) is -1.25. The van der Waals surface area contributed by atoms with Crippen LogP contribution in [0.25, 0.3) is 6.08 Å². The topological polar surface area (TPSA) is 145 Å². The maximum atomic E-state index is 12.1. The summed E-state index contributed by atoms with van der Waals surface area (Å²) in [5, 5.41) is 3.81. The van der Waals surface area contributed by atoms with Crippen LogP contribution in [0.15, 0.2) is 35.7 Å². The minimum Gasteiger partial charge on any atom is -0.455 e. The number of sulfonamides is 1. The van der Waals surface area contributed by atoms with E-state index in [1.165, 1.54) is 17.4 Å². The van der Waals surface area contributed by atoms with Crippen LogP contribution in [0.2, 0.25) is 0 Å². The molecule has 164 valence electrons. The number of anilines is 1. The number of primary amides is 1. The summed E-state index contributed by atoms with van der Waals surface area (Å²) < 4.78 is 30.7. The van der Waals surface area contributed by atoms with E-state index in [1.807, 2.05) is 0 Å². The van der Waals surface area contributed by atoms with Crippen molar-refractivity contribution in [2.75, 3.05) is 18.5 Å². The molecule has 4 N–H and O–H groups in total. The van der Waals surface area contributed by atoms with Gasteiger partial charge in [-0.2, -0.15) is 0 Å². The lowest BCUT2D eigenvalue weighted by Crippen LogP contribution is -2.31. The molecule has 2 aromatic rings. The van der Waals surface area contributed by atoms with E-state index in [2.05, 4.69) is 10.0 Å². The van der Waals surface area contributed by atoms with E-state index >= 15 is 0 Å². The first-order valence-corrected chi connectivity index (χ1v) is 11.7.